The molecule has 1 aliphatic carbocycles. The maximum Gasteiger partial charge on any atom is 0.411 e. The number of nitrogens with one attached hydrogen (secondary N) is 1. The van der Waals surface area contributed by atoms with Crippen molar-refractivity contribution in [2.45, 2.75) is 19.3 Å². The smallest absolute Gasteiger partial charge is 0.411 e. The van der Waals surface area contributed by atoms with Crippen LogP contribution in [0.3, 0.4) is 0 Å². The summed E-state index contributed by atoms with van der Waals surface area (Å²) in [4.78, 5) is 23.9. The zero-order valence-electron chi connectivity index (χ0n) is 16.3. The van der Waals surface area contributed by atoms with Crippen molar-refractivity contribution in [2.24, 2.45) is 0 Å². The normalized spacial score (nSPS) is 12.2. The average molecular weight is 405 g/mol. The minimum absolute atomic E-state index is 0.0816. The number of hydrogen-bond acceptors (Lipinski definition) is 3. The molecule has 0 saturated carbocycles. The van der Waals surface area contributed by atoms with E-state index >= 15 is 0 Å². The Bertz CT molecular complexity index is 1100. The summed E-state index contributed by atoms with van der Waals surface area (Å²) in [5.41, 5.74) is 4.22. The number of amides is 1. The fourth-order valence-corrected chi connectivity index (χ4v) is 3.93. The molecular weight excluding hydrogens is 385 g/mol. The van der Waals surface area contributed by atoms with Crippen molar-refractivity contribution < 1.29 is 23.8 Å². The molecule has 30 heavy (non-hydrogen) atoms. The van der Waals surface area contributed by atoms with Gasteiger partial charge in [0.25, 0.3) is 0 Å². The fourth-order valence-electron chi connectivity index (χ4n) is 3.93. The number of ether oxygens (including phenoxy) is 1. The molecule has 1 aliphatic rings. The maximum absolute atomic E-state index is 14.2. The molecule has 0 aliphatic heterocycles. The van der Waals surface area contributed by atoms with Gasteiger partial charge >= 0.3 is 12.1 Å². The van der Waals surface area contributed by atoms with Crippen LogP contribution in [0, 0.1) is 5.82 Å². The Morgan fingerprint density at radius 3 is 2.20 bits per heavy atom. The van der Waals surface area contributed by atoms with Crippen LogP contribution in [-0.2, 0) is 11.2 Å². The van der Waals surface area contributed by atoms with Gasteiger partial charge in [0.2, 0.25) is 0 Å². The third kappa shape index (κ3) is 3.52. The Kier molecular flexibility index (Phi) is 5.23. The number of aromatic carboxylic acids is 1. The average Bonchev–Trinajstić information content (AvgIpc) is 3.05. The zero-order valence-corrected chi connectivity index (χ0v) is 16.3. The van der Waals surface area contributed by atoms with Gasteiger partial charge in [0.1, 0.15) is 18.0 Å². The van der Waals surface area contributed by atoms with Crippen molar-refractivity contribution in [1.82, 2.24) is 0 Å². The molecule has 0 saturated heterocycles. The number of aryl methyl sites for hydroxylation is 1. The maximum atomic E-state index is 14.2. The molecule has 4 rings (SSSR count). The largest absolute Gasteiger partial charge is 0.478 e. The first kappa shape index (κ1) is 19.6. The highest BCUT2D eigenvalue weighted by Gasteiger charge is 2.29. The van der Waals surface area contributed by atoms with Crippen molar-refractivity contribution >= 4 is 17.7 Å². The second kappa shape index (κ2) is 7.99. The predicted molar refractivity (Wildman–Crippen MR) is 111 cm³/mol. The first-order chi connectivity index (χ1) is 14.5. The predicted octanol–water partition coefficient (Wildman–Crippen LogP) is 5.45. The standard InChI is InChI=1S/C24H20FNO4/c1-2-14-11-20(25)22(23(27)28)21(12-14)26-24(29)30-13-19-17-9-5-3-7-15(17)16-8-4-6-10-18(16)19/h3-12,19H,2,13H2,1H3,(H,26,29)(H,27,28). The Balaban J connectivity index is 1.54. The lowest BCUT2D eigenvalue weighted by atomic mass is 9.98. The van der Waals surface area contributed by atoms with E-state index in [9.17, 15) is 19.1 Å². The number of carboxylic acids is 1. The van der Waals surface area contributed by atoms with Gasteiger partial charge in [0, 0.05) is 5.92 Å². The number of fused-ring (bicyclic) bond motifs is 3. The molecule has 0 heterocycles. The minimum Gasteiger partial charge on any atom is -0.478 e. The lowest BCUT2D eigenvalue weighted by Gasteiger charge is -2.16. The van der Waals surface area contributed by atoms with E-state index in [0.717, 1.165) is 28.3 Å². The van der Waals surface area contributed by atoms with Crippen LogP contribution in [0.25, 0.3) is 11.1 Å². The summed E-state index contributed by atoms with van der Waals surface area (Å²) in [5.74, 6) is -2.47. The number of benzene rings is 3. The Morgan fingerprint density at radius 2 is 1.63 bits per heavy atom. The molecule has 152 valence electrons. The second-order valence-corrected chi connectivity index (χ2v) is 7.11. The molecule has 0 aromatic heterocycles. The summed E-state index contributed by atoms with van der Waals surface area (Å²) < 4.78 is 19.6. The van der Waals surface area contributed by atoms with Crippen LogP contribution in [0.5, 0.6) is 0 Å². The van der Waals surface area contributed by atoms with E-state index < -0.39 is 23.4 Å². The topological polar surface area (TPSA) is 75.6 Å². The lowest BCUT2D eigenvalue weighted by molar-refractivity contribution is 0.0693. The number of rotatable bonds is 5. The van der Waals surface area contributed by atoms with E-state index in [0.29, 0.717) is 12.0 Å². The SMILES string of the molecule is CCc1cc(F)c(C(=O)O)c(NC(=O)OCC2c3ccccc3-c3ccccc32)c1. The molecule has 0 fully saturated rings. The van der Waals surface area contributed by atoms with E-state index in [-0.39, 0.29) is 18.2 Å². The van der Waals surface area contributed by atoms with Gasteiger partial charge in [-0.25, -0.2) is 14.0 Å². The summed E-state index contributed by atoms with van der Waals surface area (Å²) in [7, 11) is 0. The highest BCUT2D eigenvalue weighted by Crippen LogP contribution is 2.44. The molecule has 6 heteroatoms. The molecule has 0 radical (unpaired) electrons. The first-order valence-corrected chi connectivity index (χ1v) is 9.67. The Labute approximate surface area is 173 Å². The van der Waals surface area contributed by atoms with Gasteiger partial charge in [0.05, 0.1) is 5.69 Å². The van der Waals surface area contributed by atoms with E-state index in [1.807, 2.05) is 55.5 Å². The monoisotopic (exact) mass is 405 g/mol. The summed E-state index contributed by atoms with van der Waals surface area (Å²) >= 11 is 0. The van der Waals surface area contributed by atoms with Gasteiger partial charge < -0.3 is 9.84 Å². The molecule has 0 bridgehead atoms. The first-order valence-electron chi connectivity index (χ1n) is 9.67. The van der Waals surface area contributed by atoms with Crippen molar-refractivity contribution in [3.8, 4) is 11.1 Å². The highest BCUT2D eigenvalue weighted by molar-refractivity contribution is 5.99. The number of anilines is 1. The number of carbonyl (C=O) groups is 2. The van der Waals surface area contributed by atoms with Crippen LogP contribution in [0.15, 0.2) is 60.7 Å². The van der Waals surface area contributed by atoms with Crippen molar-refractivity contribution in [1.29, 1.82) is 0 Å². The third-order valence-corrected chi connectivity index (χ3v) is 5.35. The molecule has 2 N–H and O–H groups in total. The third-order valence-electron chi connectivity index (χ3n) is 5.35. The molecule has 3 aromatic rings. The molecule has 0 spiro atoms. The molecule has 3 aromatic carbocycles. The van der Waals surface area contributed by atoms with E-state index in [1.165, 1.54) is 6.07 Å². The van der Waals surface area contributed by atoms with Gasteiger partial charge in [-0.05, 0) is 46.4 Å². The number of hydrogen-bond donors (Lipinski definition) is 2. The summed E-state index contributed by atoms with van der Waals surface area (Å²) in [6, 6.07) is 18.5. The van der Waals surface area contributed by atoms with Crippen LogP contribution >= 0.6 is 0 Å². The van der Waals surface area contributed by atoms with Crippen LogP contribution in [0.4, 0.5) is 14.9 Å². The molecule has 0 unspecified atom stereocenters. The minimum atomic E-state index is -1.45. The van der Waals surface area contributed by atoms with Gasteiger partial charge in [-0.15, -0.1) is 0 Å². The van der Waals surface area contributed by atoms with Crippen LogP contribution in [-0.4, -0.2) is 23.8 Å². The molecule has 0 atom stereocenters. The molecule has 1 amide bonds. The van der Waals surface area contributed by atoms with Crippen LogP contribution in [0.2, 0.25) is 0 Å². The van der Waals surface area contributed by atoms with Gasteiger partial charge in [-0.2, -0.15) is 0 Å². The van der Waals surface area contributed by atoms with Crippen LogP contribution in [0.1, 0.15) is 39.9 Å². The summed E-state index contributed by atoms with van der Waals surface area (Å²) in [5, 5.41) is 11.7. The molecular formula is C24H20FNO4. The van der Waals surface area contributed by atoms with E-state index in [2.05, 4.69) is 5.32 Å². The van der Waals surface area contributed by atoms with E-state index in [4.69, 9.17) is 4.74 Å². The summed E-state index contributed by atoms with van der Waals surface area (Å²) in [6.45, 7) is 1.89. The number of halogens is 1. The van der Waals surface area contributed by atoms with E-state index in [1.54, 1.807) is 0 Å². The van der Waals surface area contributed by atoms with Crippen molar-refractivity contribution in [2.75, 3.05) is 11.9 Å². The molecule has 5 nitrogen and oxygen atoms in total. The van der Waals surface area contributed by atoms with Crippen LogP contribution < -0.4 is 5.32 Å². The highest BCUT2D eigenvalue weighted by atomic mass is 19.1. The quantitative estimate of drug-likeness (QED) is 0.592. The number of carbonyl (C=O) groups excluding carboxylic acids is 1. The van der Waals surface area contributed by atoms with Crippen molar-refractivity contribution in [3.05, 3.63) is 88.7 Å². The Morgan fingerprint density at radius 1 is 1.03 bits per heavy atom. The van der Waals surface area contributed by atoms with Gasteiger partial charge in [-0.1, -0.05) is 55.5 Å². The van der Waals surface area contributed by atoms with Gasteiger partial charge in [-0.3, -0.25) is 5.32 Å². The second-order valence-electron chi connectivity index (χ2n) is 7.11. The lowest BCUT2D eigenvalue weighted by Crippen LogP contribution is -2.20. The van der Waals surface area contributed by atoms with Crippen molar-refractivity contribution in [3.63, 3.8) is 0 Å². The fraction of sp³-hybridized carbons (Fsp3) is 0.167. The Hall–Kier alpha value is -3.67. The number of carboxylic acid groups (broad SMARTS) is 1. The zero-order chi connectivity index (χ0) is 21.3. The summed E-state index contributed by atoms with van der Waals surface area (Å²) in [6.07, 6.45) is -0.331. The van der Waals surface area contributed by atoms with Gasteiger partial charge in [0.15, 0.2) is 0 Å².